The van der Waals surface area contributed by atoms with Crippen molar-refractivity contribution in [3.05, 3.63) is 99.6 Å². The Morgan fingerprint density at radius 1 is 1.10 bits per heavy atom. The van der Waals surface area contributed by atoms with E-state index in [-0.39, 0.29) is 28.7 Å². The third kappa shape index (κ3) is 3.72. The molecule has 8 nitrogen and oxygen atoms in total. The van der Waals surface area contributed by atoms with Gasteiger partial charge in [-0.2, -0.15) is 0 Å². The molecule has 1 aromatic heterocycles. The Bertz CT molecular complexity index is 1170. The third-order valence-electron chi connectivity index (χ3n) is 4.15. The second-order valence-electron chi connectivity index (χ2n) is 6.08. The Labute approximate surface area is 164 Å². The molecule has 0 radical (unpaired) electrons. The molecule has 4 rings (SSSR count). The van der Waals surface area contributed by atoms with Crippen LogP contribution in [-0.4, -0.2) is 21.7 Å². The van der Waals surface area contributed by atoms with Crippen molar-refractivity contribution in [2.24, 2.45) is 0 Å². The highest BCUT2D eigenvalue weighted by atomic mass is 16.6. The lowest BCUT2D eigenvalue weighted by molar-refractivity contribution is -0.384. The quantitative estimate of drug-likeness (QED) is 0.220. The smallest absolute Gasteiger partial charge is 0.343 e. The van der Waals surface area contributed by atoms with Crippen molar-refractivity contribution in [1.82, 2.24) is 4.98 Å². The van der Waals surface area contributed by atoms with Crippen molar-refractivity contribution in [1.29, 1.82) is 0 Å². The number of non-ortho nitro benzene ring substituents is 1. The molecule has 0 saturated heterocycles. The zero-order valence-corrected chi connectivity index (χ0v) is 14.8. The second kappa shape index (κ2) is 7.35. The number of nitrogens with zero attached hydrogens (tertiary/aromatic N) is 2. The third-order valence-corrected chi connectivity index (χ3v) is 4.15. The van der Waals surface area contributed by atoms with Crippen LogP contribution in [0, 0.1) is 10.1 Å². The fraction of sp³-hybridized carbons (Fsp3) is 0. The van der Waals surface area contributed by atoms with Gasteiger partial charge in [-0.15, -0.1) is 0 Å². The van der Waals surface area contributed by atoms with E-state index < -0.39 is 10.9 Å². The molecule has 0 N–H and O–H groups in total. The number of nitro groups is 1. The number of rotatable bonds is 4. The second-order valence-corrected chi connectivity index (χ2v) is 6.08. The van der Waals surface area contributed by atoms with Gasteiger partial charge in [-0.3, -0.25) is 19.9 Å². The number of ether oxygens (including phenoxy) is 2. The van der Waals surface area contributed by atoms with Gasteiger partial charge in [0.05, 0.1) is 16.1 Å². The number of allylic oxidation sites excluding steroid dienone is 1. The first kappa shape index (κ1) is 18.1. The van der Waals surface area contributed by atoms with E-state index >= 15 is 0 Å². The Morgan fingerprint density at radius 3 is 2.66 bits per heavy atom. The average Bonchev–Trinajstić information content (AvgIpc) is 3.03. The molecular formula is C21H12N2O6. The molecule has 1 aliphatic rings. The number of benzene rings is 2. The van der Waals surface area contributed by atoms with Crippen molar-refractivity contribution >= 4 is 23.5 Å². The van der Waals surface area contributed by atoms with E-state index in [4.69, 9.17) is 9.47 Å². The minimum atomic E-state index is -0.566. The summed E-state index contributed by atoms with van der Waals surface area (Å²) < 4.78 is 10.9. The SMILES string of the molecule is O=C(Oc1ccc2c(c1)O/C(=C\c1cccc([N+](=O)[O-])c1)C2=O)c1ccncc1. The van der Waals surface area contributed by atoms with Crippen molar-refractivity contribution in [2.75, 3.05) is 0 Å². The van der Waals surface area contributed by atoms with Crippen molar-refractivity contribution in [2.45, 2.75) is 0 Å². The zero-order valence-electron chi connectivity index (χ0n) is 14.8. The number of esters is 1. The van der Waals surface area contributed by atoms with Crippen LogP contribution in [0.5, 0.6) is 11.5 Å². The number of aromatic nitrogens is 1. The standard InChI is InChI=1S/C21H12N2O6/c24-20-17-5-4-16(28-21(25)14-6-8-22-9-7-14)12-18(17)29-19(20)11-13-2-1-3-15(10-13)23(26)27/h1-12H/b19-11-. The fourth-order valence-corrected chi connectivity index (χ4v) is 2.76. The summed E-state index contributed by atoms with van der Waals surface area (Å²) in [5.41, 5.74) is 1.02. The highest BCUT2D eigenvalue weighted by Gasteiger charge is 2.28. The van der Waals surface area contributed by atoms with E-state index in [2.05, 4.69) is 4.98 Å². The van der Waals surface area contributed by atoms with Crippen LogP contribution in [0.25, 0.3) is 6.08 Å². The van der Waals surface area contributed by atoms with Gasteiger partial charge in [-0.25, -0.2) is 4.79 Å². The van der Waals surface area contributed by atoms with Crippen LogP contribution in [0.15, 0.2) is 72.8 Å². The van der Waals surface area contributed by atoms with Crippen LogP contribution in [0.3, 0.4) is 0 Å². The highest BCUT2D eigenvalue weighted by Crippen LogP contribution is 2.35. The summed E-state index contributed by atoms with van der Waals surface area (Å²) in [6.45, 7) is 0. The van der Waals surface area contributed by atoms with Gasteiger partial charge in [0, 0.05) is 30.6 Å². The number of Topliss-reactive ketones (excluding diaryl/α,β-unsaturated/α-hetero) is 1. The van der Waals surface area contributed by atoms with Gasteiger partial charge in [0.2, 0.25) is 5.78 Å². The van der Waals surface area contributed by atoms with E-state index in [9.17, 15) is 19.7 Å². The molecule has 0 unspecified atom stereocenters. The van der Waals surface area contributed by atoms with Crippen LogP contribution >= 0.6 is 0 Å². The summed E-state index contributed by atoms with van der Waals surface area (Å²) in [7, 11) is 0. The molecule has 3 aromatic rings. The summed E-state index contributed by atoms with van der Waals surface area (Å²) in [5, 5.41) is 10.9. The summed E-state index contributed by atoms with van der Waals surface area (Å²) in [6, 6.07) is 13.3. The predicted octanol–water partition coefficient (Wildman–Crippen LogP) is 3.83. The van der Waals surface area contributed by atoms with Gasteiger partial charge in [0.1, 0.15) is 11.5 Å². The van der Waals surface area contributed by atoms with Gasteiger partial charge in [0.25, 0.3) is 5.69 Å². The molecule has 0 bridgehead atoms. The van der Waals surface area contributed by atoms with E-state index in [0.29, 0.717) is 16.7 Å². The molecule has 0 amide bonds. The topological polar surface area (TPSA) is 109 Å². The molecule has 8 heteroatoms. The Kier molecular flexibility index (Phi) is 4.58. The molecule has 142 valence electrons. The molecule has 0 spiro atoms. The van der Waals surface area contributed by atoms with Crippen LogP contribution in [-0.2, 0) is 0 Å². The first-order valence-electron chi connectivity index (χ1n) is 8.46. The number of fused-ring (bicyclic) bond motifs is 1. The Hall–Kier alpha value is -4.33. The molecule has 29 heavy (non-hydrogen) atoms. The van der Waals surface area contributed by atoms with Crippen molar-refractivity contribution in [3.63, 3.8) is 0 Å². The number of carbonyl (C=O) groups is 2. The number of ketones is 1. The largest absolute Gasteiger partial charge is 0.452 e. The zero-order chi connectivity index (χ0) is 20.4. The molecule has 0 aliphatic carbocycles. The van der Waals surface area contributed by atoms with Crippen LogP contribution in [0.2, 0.25) is 0 Å². The Balaban J connectivity index is 1.56. The molecule has 0 fully saturated rings. The van der Waals surface area contributed by atoms with E-state index in [1.165, 1.54) is 67.0 Å². The number of pyridine rings is 1. The normalized spacial score (nSPS) is 13.7. The monoisotopic (exact) mass is 388 g/mol. The molecule has 0 saturated carbocycles. The van der Waals surface area contributed by atoms with Gasteiger partial charge in [0.15, 0.2) is 5.76 Å². The van der Waals surface area contributed by atoms with Crippen LogP contribution < -0.4 is 9.47 Å². The molecule has 1 aliphatic heterocycles. The van der Waals surface area contributed by atoms with E-state index in [1.54, 1.807) is 6.07 Å². The Morgan fingerprint density at radius 2 is 1.90 bits per heavy atom. The molecule has 2 aromatic carbocycles. The maximum atomic E-state index is 12.5. The fourth-order valence-electron chi connectivity index (χ4n) is 2.76. The van der Waals surface area contributed by atoms with Gasteiger partial charge in [-0.1, -0.05) is 12.1 Å². The number of nitro benzene ring substituents is 1. The lowest BCUT2D eigenvalue weighted by Crippen LogP contribution is -2.08. The van der Waals surface area contributed by atoms with Crippen molar-refractivity contribution < 1.29 is 24.0 Å². The number of hydrogen-bond acceptors (Lipinski definition) is 7. The maximum absolute atomic E-state index is 12.5. The first-order valence-corrected chi connectivity index (χ1v) is 8.46. The van der Waals surface area contributed by atoms with E-state index in [1.807, 2.05) is 0 Å². The minimum Gasteiger partial charge on any atom is -0.452 e. The van der Waals surface area contributed by atoms with Gasteiger partial charge in [-0.05, 0) is 35.9 Å². The van der Waals surface area contributed by atoms with Crippen molar-refractivity contribution in [3.8, 4) is 11.5 Å². The summed E-state index contributed by atoms with van der Waals surface area (Å²) in [5.74, 6) is -0.442. The number of carbonyl (C=O) groups excluding carboxylic acids is 2. The van der Waals surface area contributed by atoms with Gasteiger partial charge < -0.3 is 9.47 Å². The van der Waals surface area contributed by atoms with Crippen LogP contribution in [0.1, 0.15) is 26.3 Å². The minimum absolute atomic E-state index is 0.0260. The molecular weight excluding hydrogens is 376 g/mol. The molecule has 0 atom stereocenters. The van der Waals surface area contributed by atoms with E-state index in [0.717, 1.165) is 0 Å². The maximum Gasteiger partial charge on any atom is 0.343 e. The summed E-state index contributed by atoms with van der Waals surface area (Å²) in [4.78, 5) is 38.9. The summed E-state index contributed by atoms with van der Waals surface area (Å²) in [6.07, 6.45) is 4.39. The average molecular weight is 388 g/mol. The number of hydrogen-bond donors (Lipinski definition) is 0. The predicted molar refractivity (Wildman–Crippen MR) is 102 cm³/mol. The lowest BCUT2D eigenvalue weighted by Gasteiger charge is -2.05. The lowest BCUT2D eigenvalue weighted by atomic mass is 10.1. The summed E-state index contributed by atoms with van der Waals surface area (Å²) >= 11 is 0. The molecule has 2 heterocycles. The van der Waals surface area contributed by atoms with Crippen LogP contribution in [0.4, 0.5) is 5.69 Å². The highest BCUT2D eigenvalue weighted by molar-refractivity contribution is 6.14. The van der Waals surface area contributed by atoms with Gasteiger partial charge >= 0.3 is 5.97 Å². The first-order chi connectivity index (χ1) is 14.0.